The third-order valence-corrected chi connectivity index (χ3v) is 4.62. The summed E-state index contributed by atoms with van der Waals surface area (Å²) in [5.74, 6) is -6.73. The van der Waals surface area contributed by atoms with Gasteiger partial charge in [-0.15, -0.1) is 0 Å². The Hall–Kier alpha value is -4.41. The fraction of sp³-hybridized carbons (Fsp3) is 0.174. The largest absolute Gasteiger partial charge is 0.481 e. The molecule has 3 rings (SSSR count). The van der Waals surface area contributed by atoms with E-state index in [0.717, 1.165) is 23.6 Å². The van der Waals surface area contributed by atoms with E-state index >= 15 is 0 Å². The van der Waals surface area contributed by atoms with Gasteiger partial charge in [-0.1, -0.05) is 30.3 Å². The van der Waals surface area contributed by atoms with E-state index in [1.165, 1.54) is 6.07 Å². The highest BCUT2D eigenvalue weighted by Crippen LogP contribution is 2.20. The number of carboxylic acid groups (broad SMARTS) is 1. The first-order valence-electron chi connectivity index (χ1n) is 9.99. The number of carbonyl (C=O) groups excluding carboxylic acids is 3. The molecule has 0 fully saturated rings. The van der Waals surface area contributed by atoms with Gasteiger partial charge in [0.1, 0.15) is 18.3 Å². The number of nitrogens with zero attached hydrogens (tertiary/aromatic N) is 1. The molecule has 0 saturated carbocycles. The molecular formula is C23H19F2N3O6. The van der Waals surface area contributed by atoms with Gasteiger partial charge in [-0.2, -0.15) is 0 Å². The summed E-state index contributed by atoms with van der Waals surface area (Å²) in [5, 5.41) is 14.4. The molecular weight excluding hydrogens is 452 g/mol. The van der Waals surface area contributed by atoms with E-state index in [2.05, 4.69) is 15.6 Å². The third kappa shape index (κ3) is 6.31. The number of para-hydroxylation sites is 2. The molecule has 0 bridgehead atoms. The molecule has 9 nitrogen and oxygen atoms in total. The number of carbonyl (C=O) groups is 4. The Kier molecular flexibility index (Phi) is 7.80. The van der Waals surface area contributed by atoms with Gasteiger partial charge in [-0.05, 0) is 24.3 Å². The van der Waals surface area contributed by atoms with Crippen molar-refractivity contribution >= 4 is 34.5 Å². The number of hydrogen-bond acceptors (Lipinski definition) is 6. The van der Waals surface area contributed by atoms with E-state index in [4.69, 9.17) is 9.84 Å². The highest BCUT2D eigenvalue weighted by molar-refractivity contribution is 5.98. The standard InChI is InChI=1S/C23H19F2N3O6/c24-14-5-3-6-15(25)22(14)34-12-19(29)18(10-21(31)32)28-20(30)11-26-23(33)17-9-8-13-4-1-2-7-16(13)27-17/h1-9,18H,10-12H2,(H,26,33)(H,28,30)(H,31,32). The maximum atomic E-state index is 13.6. The first-order chi connectivity index (χ1) is 16.2. The summed E-state index contributed by atoms with van der Waals surface area (Å²) in [6.45, 7) is -1.46. The number of nitrogens with one attached hydrogen (secondary N) is 2. The van der Waals surface area contributed by atoms with Crippen LogP contribution in [0.3, 0.4) is 0 Å². The number of hydrogen-bond donors (Lipinski definition) is 3. The van der Waals surface area contributed by atoms with Crippen LogP contribution in [-0.4, -0.2) is 52.9 Å². The molecule has 176 valence electrons. The molecule has 2 aromatic carbocycles. The Morgan fingerprint density at radius 2 is 1.68 bits per heavy atom. The molecule has 1 atom stereocenters. The van der Waals surface area contributed by atoms with Gasteiger partial charge in [0.05, 0.1) is 18.5 Å². The average Bonchev–Trinajstić information content (AvgIpc) is 2.81. The number of ether oxygens (including phenoxy) is 1. The van der Waals surface area contributed by atoms with Gasteiger partial charge < -0.3 is 20.5 Å². The minimum atomic E-state index is -1.55. The van der Waals surface area contributed by atoms with Crippen LogP contribution in [0.4, 0.5) is 8.78 Å². The summed E-state index contributed by atoms with van der Waals surface area (Å²) in [4.78, 5) is 52.2. The number of ketones is 1. The third-order valence-electron chi connectivity index (χ3n) is 4.62. The molecule has 1 unspecified atom stereocenters. The van der Waals surface area contributed by atoms with Crippen molar-refractivity contribution in [3.63, 3.8) is 0 Å². The fourth-order valence-corrected chi connectivity index (χ4v) is 2.97. The van der Waals surface area contributed by atoms with Crippen LogP contribution in [-0.2, 0) is 14.4 Å². The summed E-state index contributed by atoms with van der Waals surface area (Å²) < 4.78 is 32.1. The van der Waals surface area contributed by atoms with E-state index in [1.807, 2.05) is 12.1 Å². The summed E-state index contributed by atoms with van der Waals surface area (Å²) in [6, 6.07) is 11.7. The number of fused-ring (bicyclic) bond motifs is 1. The maximum Gasteiger partial charge on any atom is 0.305 e. The first-order valence-corrected chi connectivity index (χ1v) is 9.99. The lowest BCUT2D eigenvalue weighted by molar-refractivity contribution is -0.140. The van der Waals surface area contributed by atoms with Gasteiger partial charge in [-0.3, -0.25) is 19.2 Å². The van der Waals surface area contributed by atoms with Crippen molar-refractivity contribution < 1.29 is 37.8 Å². The lowest BCUT2D eigenvalue weighted by Crippen LogP contribution is -2.47. The highest BCUT2D eigenvalue weighted by Gasteiger charge is 2.25. The second-order valence-corrected chi connectivity index (χ2v) is 7.10. The second-order valence-electron chi connectivity index (χ2n) is 7.10. The predicted octanol–water partition coefficient (Wildman–Crippen LogP) is 1.85. The van der Waals surface area contributed by atoms with Crippen molar-refractivity contribution in [1.29, 1.82) is 0 Å². The zero-order valence-corrected chi connectivity index (χ0v) is 17.6. The van der Waals surface area contributed by atoms with Gasteiger partial charge >= 0.3 is 5.97 Å². The summed E-state index contributed by atoms with van der Waals surface area (Å²) in [7, 11) is 0. The molecule has 1 heterocycles. The second kappa shape index (κ2) is 10.9. The number of aliphatic carboxylic acids is 1. The van der Waals surface area contributed by atoms with Crippen LogP contribution in [0.2, 0.25) is 0 Å². The van der Waals surface area contributed by atoms with Gasteiger partial charge in [0.15, 0.2) is 23.2 Å². The van der Waals surface area contributed by atoms with Crippen LogP contribution in [0.1, 0.15) is 16.9 Å². The summed E-state index contributed by atoms with van der Waals surface area (Å²) >= 11 is 0. The number of aromatic nitrogens is 1. The number of halogens is 2. The molecule has 0 spiro atoms. The van der Waals surface area contributed by atoms with Crippen molar-refractivity contribution in [2.75, 3.05) is 13.2 Å². The Bertz CT molecular complexity index is 1230. The number of pyridine rings is 1. The number of carboxylic acids is 1. The highest BCUT2D eigenvalue weighted by atomic mass is 19.1. The molecule has 0 aliphatic carbocycles. The van der Waals surface area contributed by atoms with Crippen molar-refractivity contribution in [1.82, 2.24) is 15.6 Å². The lowest BCUT2D eigenvalue weighted by Gasteiger charge is -2.17. The minimum Gasteiger partial charge on any atom is -0.481 e. The molecule has 3 aromatic rings. The van der Waals surface area contributed by atoms with Gasteiger partial charge in [-0.25, -0.2) is 13.8 Å². The Labute approximate surface area is 191 Å². The van der Waals surface area contributed by atoms with Crippen LogP contribution < -0.4 is 15.4 Å². The van der Waals surface area contributed by atoms with Crippen LogP contribution in [0, 0.1) is 11.6 Å². The maximum absolute atomic E-state index is 13.6. The van der Waals surface area contributed by atoms with Crippen LogP contribution >= 0.6 is 0 Å². The molecule has 34 heavy (non-hydrogen) atoms. The molecule has 3 N–H and O–H groups in total. The average molecular weight is 471 g/mol. The monoisotopic (exact) mass is 471 g/mol. The molecule has 0 aliphatic heterocycles. The molecule has 0 saturated heterocycles. The van der Waals surface area contributed by atoms with Gasteiger partial charge in [0, 0.05) is 5.39 Å². The Balaban J connectivity index is 1.58. The molecule has 11 heteroatoms. The molecule has 0 radical (unpaired) electrons. The zero-order valence-electron chi connectivity index (χ0n) is 17.6. The Morgan fingerprint density at radius 1 is 0.971 bits per heavy atom. The fourth-order valence-electron chi connectivity index (χ4n) is 2.97. The van der Waals surface area contributed by atoms with Gasteiger partial charge in [0.2, 0.25) is 5.91 Å². The molecule has 0 aliphatic rings. The van der Waals surface area contributed by atoms with E-state index in [0.29, 0.717) is 5.52 Å². The first kappa shape index (κ1) is 24.2. The topological polar surface area (TPSA) is 135 Å². The summed E-state index contributed by atoms with van der Waals surface area (Å²) in [6.07, 6.45) is -0.798. The van der Waals surface area contributed by atoms with Crippen LogP contribution in [0.15, 0.2) is 54.6 Å². The normalized spacial score (nSPS) is 11.5. The van der Waals surface area contributed by atoms with Crippen molar-refractivity contribution in [3.8, 4) is 5.75 Å². The van der Waals surface area contributed by atoms with Crippen molar-refractivity contribution in [2.45, 2.75) is 12.5 Å². The smallest absolute Gasteiger partial charge is 0.305 e. The van der Waals surface area contributed by atoms with E-state index in [9.17, 15) is 28.0 Å². The number of amides is 2. The number of rotatable bonds is 10. The Morgan fingerprint density at radius 3 is 2.38 bits per heavy atom. The van der Waals surface area contributed by atoms with Crippen LogP contribution in [0.25, 0.3) is 10.9 Å². The minimum absolute atomic E-state index is 0.0602. The summed E-state index contributed by atoms with van der Waals surface area (Å²) in [5.41, 5.74) is 0.642. The van der Waals surface area contributed by atoms with E-state index < -0.39 is 66.6 Å². The molecule has 2 amide bonds. The quantitative estimate of drug-likeness (QED) is 0.411. The SMILES string of the molecule is O=C(O)CC(NC(=O)CNC(=O)c1ccc2ccccc2n1)C(=O)COc1c(F)cccc1F. The number of benzene rings is 2. The van der Waals surface area contributed by atoms with Gasteiger partial charge in [0.25, 0.3) is 5.91 Å². The molecule has 1 aromatic heterocycles. The van der Waals surface area contributed by atoms with Crippen molar-refractivity contribution in [2.24, 2.45) is 0 Å². The van der Waals surface area contributed by atoms with Crippen molar-refractivity contribution in [3.05, 3.63) is 71.9 Å². The number of Topliss-reactive ketones (excluding diaryl/α,β-unsaturated/α-hetero) is 1. The predicted molar refractivity (Wildman–Crippen MR) is 115 cm³/mol. The lowest BCUT2D eigenvalue weighted by atomic mass is 10.1. The zero-order chi connectivity index (χ0) is 24.7. The van der Waals surface area contributed by atoms with E-state index in [1.54, 1.807) is 18.2 Å². The van der Waals surface area contributed by atoms with Crippen LogP contribution in [0.5, 0.6) is 5.75 Å². The van der Waals surface area contributed by atoms with E-state index in [-0.39, 0.29) is 5.69 Å².